The van der Waals surface area contributed by atoms with Gasteiger partial charge in [-0.15, -0.1) is 0 Å². The molecule has 0 spiro atoms. The second-order valence-electron chi connectivity index (χ2n) is 5.92. The molecule has 0 radical (unpaired) electrons. The van der Waals surface area contributed by atoms with Crippen molar-refractivity contribution >= 4 is 0 Å². The lowest BCUT2D eigenvalue weighted by atomic mass is 10.1. The highest BCUT2D eigenvalue weighted by atomic mass is 16.5. The molecule has 0 aromatic carbocycles. The van der Waals surface area contributed by atoms with Crippen molar-refractivity contribution in [3.05, 3.63) is 0 Å². The number of nitrogens with zero attached hydrogens (tertiary/aromatic N) is 1. The molecule has 1 saturated carbocycles. The van der Waals surface area contributed by atoms with Gasteiger partial charge in [-0.1, -0.05) is 25.7 Å². The third-order valence-electron chi connectivity index (χ3n) is 4.58. The van der Waals surface area contributed by atoms with Crippen LogP contribution in [0.25, 0.3) is 0 Å². The maximum absolute atomic E-state index is 5.41. The summed E-state index contributed by atoms with van der Waals surface area (Å²) in [6.45, 7) is 4.81. The van der Waals surface area contributed by atoms with Crippen LogP contribution in [-0.4, -0.2) is 50.3 Å². The first-order valence-corrected chi connectivity index (χ1v) is 7.87. The van der Waals surface area contributed by atoms with Gasteiger partial charge in [-0.05, 0) is 25.7 Å². The van der Waals surface area contributed by atoms with E-state index in [2.05, 4.69) is 10.2 Å². The molecule has 2 aliphatic rings. The number of nitrogens with one attached hydrogen (secondary N) is 1. The predicted molar refractivity (Wildman–Crippen MR) is 76.0 cm³/mol. The minimum Gasteiger partial charge on any atom is -0.381 e. The highest BCUT2D eigenvalue weighted by molar-refractivity contribution is 4.75. The summed E-state index contributed by atoms with van der Waals surface area (Å²) in [5, 5.41) is 3.76. The van der Waals surface area contributed by atoms with Crippen LogP contribution in [-0.2, 0) is 4.74 Å². The van der Waals surface area contributed by atoms with Crippen molar-refractivity contribution in [2.24, 2.45) is 0 Å². The molecule has 0 aromatic heterocycles. The zero-order chi connectivity index (χ0) is 12.6. The number of hydrogen-bond donors (Lipinski definition) is 1. The summed E-state index contributed by atoms with van der Waals surface area (Å²) in [5.74, 6) is 0. The van der Waals surface area contributed by atoms with Gasteiger partial charge < -0.3 is 15.0 Å². The van der Waals surface area contributed by atoms with E-state index in [1.165, 1.54) is 77.5 Å². The van der Waals surface area contributed by atoms with Gasteiger partial charge in [0.25, 0.3) is 0 Å². The highest BCUT2D eigenvalue weighted by Gasteiger charge is 2.18. The van der Waals surface area contributed by atoms with Crippen molar-refractivity contribution in [3.8, 4) is 0 Å². The fourth-order valence-corrected chi connectivity index (χ4v) is 3.28. The Hall–Kier alpha value is -0.120. The molecule has 1 aliphatic carbocycles. The molecule has 1 N–H and O–H groups in total. The SMILES string of the molecule is COC1CCN(CCNC2CCCCCC2)CC1. The normalized spacial score (nSPS) is 25.2. The molecule has 0 unspecified atom stereocenters. The standard InChI is InChI=1S/C15H30N2O/c1-18-15-8-11-17(12-9-15)13-10-16-14-6-4-2-3-5-7-14/h14-16H,2-13H2,1H3. The maximum Gasteiger partial charge on any atom is 0.0595 e. The molecule has 0 atom stereocenters. The average Bonchev–Trinajstić information content (AvgIpc) is 2.68. The number of piperidine rings is 1. The molecule has 0 aromatic rings. The van der Waals surface area contributed by atoms with E-state index in [9.17, 15) is 0 Å². The predicted octanol–water partition coefficient (Wildman–Crippen LogP) is 2.41. The molecule has 0 amide bonds. The van der Waals surface area contributed by atoms with Gasteiger partial charge in [-0.25, -0.2) is 0 Å². The summed E-state index contributed by atoms with van der Waals surface area (Å²) in [7, 11) is 1.84. The molecule has 2 fully saturated rings. The van der Waals surface area contributed by atoms with E-state index >= 15 is 0 Å². The van der Waals surface area contributed by atoms with Crippen molar-refractivity contribution in [3.63, 3.8) is 0 Å². The first kappa shape index (κ1) is 14.3. The zero-order valence-electron chi connectivity index (χ0n) is 12.0. The van der Waals surface area contributed by atoms with Crippen molar-refractivity contribution in [2.45, 2.75) is 63.5 Å². The lowest BCUT2D eigenvalue weighted by molar-refractivity contribution is 0.0412. The van der Waals surface area contributed by atoms with Gasteiger partial charge in [0.15, 0.2) is 0 Å². The Kier molecular flexibility index (Phi) is 6.46. The average molecular weight is 254 g/mol. The highest BCUT2D eigenvalue weighted by Crippen LogP contribution is 2.17. The molecule has 18 heavy (non-hydrogen) atoms. The summed E-state index contributed by atoms with van der Waals surface area (Å²) in [5.41, 5.74) is 0. The van der Waals surface area contributed by atoms with E-state index in [4.69, 9.17) is 4.74 Å². The van der Waals surface area contributed by atoms with Crippen LogP contribution < -0.4 is 5.32 Å². The van der Waals surface area contributed by atoms with Gasteiger partial charge in [0.05, 0.1) is 6.10 Å². The van der Waals surface area contributed by atoms with Crippen LogP contribution >= 0.6 is 0 Å². The van der Waals surface area contributed by atoms with Crippen molar-refractivity contribution in [2.75, 3.05) is 33.3 Å². The smallest absolute Gasteiger partial charge is 0.0595 e. The van der Waals surface area contributed by atoms with E-state index in [0.29, 0.717) is 6.10 Å². The fourth-order valence-electron chi connectivity index (χ4n) is 3.28. The van der Waals surface area contributed by atoms with Gasteiger partial charge in [-0.2, -0.15) is 0 Å². The number of methoxy groups -OCH3 is 1. The Morgan fingerprint density at radius 2 is 1.67 bits per heavy atom. The largest absolute Gasteiger partial charge is 0.381 e. The van der Waals surface area contributed by atoms with E-state index < -0.39 is 0 Å². The Morgan fingerprint density at radius 1 is 1.00 bits per heavy atom. The Bertz CT molecular complexity index is 207. The second-order valence-corrected chi connectivity index (χ2v) is 5.92. The van der Waals surface area contributed by atoms with Crippen LogP contribution in [0, 0.1) is 0 Å². The van der Waals surface area contributed by atoms with Crippen LogP contribution in [0.5, 0.6) is 0 Å². The summed E-state index contributed by atoms with van der Waals surface area (Å²) in [6.07, 6.45) is 11.5. The number of rotatable bonds is 5. The quantitative estimate of drug-likeness (QED) is 0.763. The lowest BCUT2D eigenvalue weighted by Crippen LogP contribution is -2.42. The fraction of sp³-hybridized carbons (Fsp3) is 1.00. The summed E-state index contributed by atoms with van der Waals surface area (Å²) < 4.78 is 5.41. The minimum atomic E-state index is 0.510. The molecular formula is C15H30N2O. The van der Waals surface area contributed by atoms with Crippen LogP contribution in [0.1, 0.15) is 51.4 Å². The first-order chi connectivity index (χ1) is 8.88. The third-order valence-corrected chi connectivity index (χ3v) is 4.58. The molecule has 3 heteroatoms. The topological polar surface area (TPSA) is 24.5 Å². The third kappa shape index (κ3) is 4.87. The van der Waals surface area contributed by atoms with Crippen LogP contribution in [0.15, 0.2) is 0 Å². The number of ether oxygens (including phenoxy) is 1. The minimum absolute atomic E-state index is 0.510. The molecule has 1 saturated heterocycles. The van der Waals surface area contributed by atoms with Gasteiger partial charge in [-0.3, -0.25) is 0 Å². The molecule has 1 heterocycles. The Balaban J connectivity index is 1.55. The molecule has 0 bridgehead atoms. The van der Waals surface area contributed by atoms with E-state index in [1.54, 1.807) is 0 Å². The number of hydrogen-bond acceptors (Lipinski definition) is 3. The summed E-state index contributed by atoms with van der Waals surface area (Å²) >= 11 is 0. The number of likely N-dealkylation sites (tertiary alicyclic amines) is 1. The van der Waals surface area contributed by atoms with Crippen molar-refractivity contribution < 1.29 is 4.74 Å². The van der Waals surface area contributed by atoms with Gasteiger partial charge in [0.2, 0.25) is 0 Å². The van der Waals surface area contributed by atoms with Gasteiger partial charge in [0.1, 0.15) is 0 Å². The van der Waals surface area contributed by atoms with Crippen LogP contribution in [0.2, 0.25) is 0 Å². The summed E-state index contributed by atoms with van der Waals surface area (Å²) in [4.78, 5) is 2.58. The van der Waals surface area contributed by atoms with E-state index in [-0.39, 0.29) is 0 Å². The Morgan fingerprint density at radius 3 is 2.28 bits per heavy atom. The lowest BCUT2D eigenvalue weighted by Gasteiger charge is -2.31. The maximum atomic E-state index is 5.41. The van der Waals surface area contributed by atoms with Gasteiger partial charge >= 0.3 is 0 Å². The second kappa shape index (κ2) is 8.13. The molecular weight excluding hydrogens is 224 g/mol. The molecule has 1 aliphatic heterocycles. The first-order valence-electron chi connectivity index (χ1n) is 7.87. The van der Waals surface area contributed by atoms with Crippen molar-refractivity contribution in [1.82, 2.24) is 10.2 Å². The molecule has 2 rings (SSSR count). The zero-order valence-corrected chi connectivity index (χ0v) is 12.0. The molecule has 3 nitrogen and oxygen atoms in total. The van der Waals surface area contributed by atoms with Gasteiger partial charge in [0, 0.05) is 39.3 Å². The van der Waals surface area contributed by atoms with Crippen LogP contribution in [0.3, 0.4) is 0 Å². The van der Waals surface area contributed by atoms with E-state index in [1.807, 2.05) is 7.11 Å². The van der Waals surface area contributed by atoms with E-state index in [0.717, 1.165) is 6.04 Å². The molecule has 106 valence electrons. The summed E-state index contributed by atoms with van der Waals surface area (Å²) in [6, 6.07) is 0.795. The van der Waals surface area contributed by atoms with Crippen molar-refractivity contribution in [1.29, 1.82) is 0 Å². The Labute approximate surface area is 112 Å². The van der Waals surface area contributed by atoms with Crippen LogP contribution in [0.4, 0.5) is 0 Å². The monoisotopic (exact) mass is 254 g/mol.